The van der Waals surface area contributed by atoms with E-state index in [1.807, 2.05) is 24.3 Å². The summed E-state index contributed by atoms with van der Waals surface area (Å²) in [6.45, 7) is 1.14. The molecule has 0 fully saturated rings. The molecular weight excluding hydrogens is 446 g/mol. The highest BCUT2D eigenvalue weighted by atomic mass is 35.5. The minimum atomic E-state index is -0.274. The normalized spacial score (nSPS) is 14.8. The van der Waals surface area contributed by atoms with Gasteiger partial charge in [0.25, 0.3) is 5.91 Å². The van der Waals surface area contributed by atoms with Crippen molar-refractivity contribution >= 4 is 29.1 Å². The van der Waals surface area contributed by atoms with Crippen molar-refractivity contribution in [2.75, 3.05) is 13.2 Å². The van der Waals surface area contributed by atoms with Crippen LogP contribution in [-0.2, 0) is 24.4 Å². The summed E-state index contributed by atoms with van der Waals surface area (Å²) >= 11 is 6.07. The second-order valence-electron chi connectivity index (χ2n) is 7.61. The van der Waals surface area contributed by atoms with Crippen molar-refractivity contribution < 1.29 is 14.3 Å². The summed E-state index contributed by atoms with van der Waals surface area (Å²) in [5.74, 6) is 0.174. The summed E-state index contributed by atoms with van der Waals surface area (Å²) in [6, 6.07) is 11.0. The number of amides is 2. The monoisotopic (exact) mass is 465 g/mol. The second kappa shape index (κ2) is 8.91. The fraction of sp³-hybridized carbons (Fsp3) is 0.227. The SMILES string of the molecule is O=C1Cn2cc(nn2)CN(C(=O)c2cn3cc(Cl)ccc3n2)Cc2ccccc2OCCN1. The summed E-state index contributed by atoms with van der Waals surface area (Å²) in [7, 11) is 0. The van der Waals surface area contributed by atoms with E-state index in [0.29, 0.717) is 35.3 Å². The number of para-hydroxylation sites is 1. The molecule has 5 rings (SSSR count). The van der Waals surface area contributed by atoms with Gasteiger partial charge in [0.2, 0.25) is 5.91 Å². The number of hydrogen-bond donors (Lipinski definition) is 1. The molecule has 0 unspecified atom stereocenters. The van der Waals surface area contributed by atoms with Gasteiger partial charge in [0.15, 0.2) is 0 Å². The maximum atomic E-state index is 13.5. The predicted molar refractivity (Wildman–Crippen MR) is 119 cm³/mol. The largest absolute Gasteiger partial charge is 0.491 e. The van der Waals surface area contributed by atoms with E-state index in [1.54, 1.807) is 40.0 Å². The number of rotatable bonds is 1. The van der Waals surface area contributed by atoms with Gasteiger partial charge in [-0.25, -0.2) is 9.67 Å². The van der Waals surface area contributed by atoms with Crippen LogP contribution in [0.25, 0.3) is 5.65 Å². The first-order chi connectivity index (χ1) is 16.0. The Bertz CT molecular complexity index is 1330. The standard InChI is InChI=1S/C22H20ClN7O3/c23-16-5-6-20-25-18(13-28(20)10-16)22(32)29-9-15-3-1-2-4-19(15)33-8-7-24-21(31)14-30-12-17(11-29)26-27-30/h1-6,10,12-13H,7-9,11,14H2,(H,24,31). The van der Waals surface area contributed by atoms with Crippen molar-refractivity contribution in [3.63, 3.8) is 0 Å². The summed E-state index contributed by atoms with van der Waals surface area (Å²) in [5.41, 5.74) is 2.28. The third-order valence-corrected chi connectivity index (χ3v) is 5.41. The molecule has 168 valence electrons. The van der Waals surface area contributed by atoms with Crippen LogP contribution in [0.1, 0.15) is 21.7 Å². The Morgan fingerprint density at radius 1 is 1.06 bits per heavy atom. The number of pyridine rings is 1. The highest BCUT2D eigenvalue weighted by Gasteiger charge is 2.23. The zero-order chi connectivity index (χ0) is 22.8. The van der Waals surface area contributed by atoms with E-state index < -0.39 is 0 Å². The van der Waals surface area contributed by atoms with Gasteiger partial charge in [-0.05, 0) is 18.2 Å². The first-order valence-corrected chi connectivity index (χ1v) is 10.7. The lowest BCUT2D eigenvalue weighted by Crippen LogP contribution is -2.32. The van der Waals surface area contributed by atoms with Gasteiger partial charge in [0, 0.05) is 18.0 Å². The van der Waals surface area contributed by atoms with Crippen LogP contribution in [0.15, 0.2) is 55.0 Å². The quantitative estimate of drug-likeness (QED) is 0.460. The number of nitrogens with one attached hydrogen (secondary N) is 1. The van der Waals surface area contributed by atoms with Gasteiger partial charge < -0.3 is 19.4 Å². The Morgan fingerprint density at radius 3 is 2.85 bits per heavy atom. The van der Waals surface area contributed by atoms with Crippen LogP contribution in [0.4, 0.5) is 0 Å². The van der Waals surface area contributed by atoms with Gasteiger partial charge in [0.1, 0.15) is 35.9 Å². The maximum Gasteiger partial charge on any atom is 0.274 e. The summed E-state index contributed by atoms with van der Waals surface area (Å²) in [5, 5.41) is 11.5. The van der Waals surface area contributed by atoms with Crippen molar-refractivity contribution in [1.29, 1.82) is 0 Å². The molecule has 4 aromatic rings. The lowest BCUT2D eigenvalue weighted by Gasteiger charge is -2.22. The van der Waals surface area contributed by atoms with Crippen LogP contribution in [0.2, 0.25) is 5.02 Å². The molecule has 0 radical (unpaired) electrons. The lowest BCUT2D eigenvalue weighted by molar-refractivity contribution is -0.121. The molecule has 2 amide bonds. The predicted octanol–water partition coefficient (Wildman–Crippen LogP) is 1.93. The van der Waals surface area contributed by atoms with Crippen molar-refractivity contribution in [3.05, 3.63) is 77.0 Å². The molecule has 33 heavy (non-hydrogen) atoms. The molecule has 11 heteroatoms. The second-order valence-corrected chi connectivity index (χ2v) is 8.05. The average molecular weight is 466 g/mol. The molecule has 0 spiro atoms. The van der Waals surface area contributed by atoms with Crippen LogP contribution in [-0.4, -0.2) is 54.2 Å². The zero-order valence-corrected chi connectivity index (χ0v) is 18.3. The van der Waals surface area contributed by atoms with Crippen molar-refractivity contribution in [3.8, 4) is 5.75 Å². The van der Waals surface area contributed by atoms with Crippen LogP contribution in [0, 0.1) is 0 Å². The number of hydrogen-bond acceptors (Lipinski definition) is 6. The Balaban J connectivity index is 1.51. The third kappa shape index (κ3) is 4.65. The van der Waals surface area contributed by atoms with E-state index in [4.69, 9.17) is 16.3 Å². The van der Waals surface area contributed by atoms with E-state index in [0.717, 1.165) is 5.56 Å². The fourth-order valence-electron chi connectivity index (χ4n) is 3.65. The minimum Gasteiger partial charge on any atom is -0.491 e. The van der Waals surface area contributed by atoms with E-state index in [9.17, 15) is 9.59 Å². The molecule has 1 N–H and O–H groups in total. The van der Waals surface area contributed by atoms with Crippen LogP contribution >= 0.6 is 11.6 Å². The molecule has 1 aliphatic heterocycles. The van der Waals surface area contributed by atoms with Gasteiger partial charge in [0.05, 0.1) is 30.9 Å². The Kier molecular flexibility index (Phi) is 5.66. The van der Waals surface area contributed by atoms with E-state index >= 15 is 0 Å². The van der Waals surface area contributed by atoms with E-state index in [2.05, 4.69) is 20.6 Å². The highest BCUT2D eigenvalue weighted by Crippen LogP contribution is 2.22. The number of carbonyl (C=O) groups is 2. The van der Waals surface area contributed by atoms with Crippen LogP contribution in [0.5, 0.6) is 5.75 Å². The summed E-state index contributed by atoms with van der Waals surface area (Å²) in [4.78, 5) is 31.7. The topological polar surface area (TPSA) is 107 Å². The summed E-state index contributed by atoms with van der Waals surface area (Å²) in [6.07, 6.45) is 5.01. The molecule has 1 aliphatic rings. The number of halogens is 1. The first-order valence-electron chi connectivity index (χ1n) is 10.3. The Labute approximate surface area is 193 Å². The molecule has 2 bridgehead atoms. The molecule has 0 saturated heterocycles. The zero-order valence-electron chi connectivity index (χ0n) is 17.5. The van der Waals surface area contributed by atoms with Crippen LogP contribution in [0.3, 0.4) is 0 Å². The molecule has 0 aliphatic carbocycles. The number of aromatic nitrogens is 5. The number of carbonyl (C=O) groups excluding carboxylic acids is 2. The maximum absolute atomic E-state index is 13.5. The van der Waals surface area contributed by atoms with Crippen molar-refractivity contribution in [1.82, 2.24) is 34.6 Å². The number of imidazole rings is 1. The van der Waals surface area contributed by atoms with Crippen molar-refractivity contribution in [2.45, 2.75) is 19.6 Å². The van der Waals surface area contributed by atoms with Gasteiger partial charge in [-0.15, -0.1) is 5.10 Å². The smallest absolute Gasteiger partial charge is 0.274 e. The number of fused-ring (bicyclic) bond motifs is 4. The third-order valence-electron chi connectivity index (χ3n) is 5.18. The Hall–Kier alpha value is -3.92. The fourth-order valence-corrected chi connectivity index (χ4v) is 3.82. The molecule has 4 heterocycles. The average Bonchev–Trinajstić information content (AvgIpc) is 3.42. The number of benzene rings is 1. The minimum absolute atomic E-state index is 0.0325. The molecule has 1 aromatic carbocycles. The Morgan fingerprint density at radius 2 is 1.94 bits per heavy atom. The van der Waals surface area contributed by atoms with Gasteiger partial charge in [-0.3, -0.25) is 9.59 Å². The van der Waals surface area contributed by atoms with E-state index in [-0.39, 0.29) is 37.1 Å². The number of nitrogens with zero attached hydrogens (tertiary/aromatic N) is 6. The molecule has 10 nitrogen and oxygen atoms in total. The number of ether oxygens (including phenoxy) is 1. The van der Waals surface area contributed by atoms with Crippen LogP contribution < -0.4 is 10.1 Å². The summed E-state index contributed by atoms with van der Waals surface area (Å²) < 4.78 is 9.04. The molecule has 0 atom stereocenters. The molecule has 0 saturated carbocycles. The van der Waals surface area contributed by atoms with Gasteiger partial charge in [-0.1, -0.05) is 35.0 Å². The van der Waals surface area contributed by atoms with Gasteiger partial charge >= 0.3 is 0 Å². The molecular formula is C22H20ClN7O3. The highest BCUT2D eigenvalue weighted by molar-refractivity contribution is 6.30. The lowest BCUT2D eigenvalue weighted by atomic mass is 10.1. The molecule has 3 aromatic heterocycles. The van der Waals surface area contributed by atoms with Gasteiger partial charge in [-0.2, -0.15) is 0 Å². The first kappa shape index (κ1) is 21.0. The van der Waals surface area contributed by atoms with E-state index in [1.165, 1.54) is 4.68 Å². The van der Waals surface area contributed by atoms with Crippen molar-refractivity contribution in [2.24, 2.45) is 0 Å².